The molecule has 0 aliphatic heterocycles. The molecule has 7 heteroatoms. The Hall–Kier alpha value is -1.02. The first-order valence-electron chi connectivity index (χ1n) is 6.08. The van der Waals surface area contributed by atoms with Gasteiger partial charge in [0, 0.05) is 13.3 Å². The van der Waals surface area contributed by atoms with E-state index in [-0.39, 0.29) is 6.42 Å². The van der Waals surface area contributed by atoms with Crippen molar-refractivity contribution in [3.63, 3.8) is 0 Å². The molecule has 7 nitrogen and oxygen atoms in total. The fraction of sp³-hybridized carbons (Fsp3) is 0.833. The van der Waals surface area contributed by atoms with Crippen molar-refractivity contribution in [2.24, 2.45) is 4.99 Å². The molecule has 1 unspecified atom stereocenters. The number of carbonyl (C=O) groups excluding carboxylic acids is 1. The lowest BCUT2D eigenvalue weighted by Crippen LogP contribution is -2.50. The van der Waals surface area contributed by atoms with Crippen molar-refractivity contribution in [1.29, 1.82) is 0 Å². The molecule has 0 bridgehead atoms. The molecule has 0 aromatic carbocycles. The molecule has 5 atom stereocenters. The van der Waals surface area contributed by atoms with Gasteiger partial charge < -0.3 is 25.4 Å². The van der Waals surface area contributed by atoms with E-state index in [2.05, 4.69) is 17.0 Å². The summed E-state index contributed by atoms with van der Waals surface area (Å²) in [7, 11) is 0. The van der Waals surface area contributed by atoms with Crippen molar-refractivity contribution in [3.05, 3.63) is 0 Å². The molecular weight excluding hydrogens is 252 g/mol. The Labute approximate surface area is 113 Å². The van der Waals surface area contributed by atoms with Gasteiger partial charge in [0.1, 0.15) is 0 Å². The topological polar surface area (TPSA) is 111 Å². The molecule has 0 aromatic rings. The molecule has 112 valence electrons. The van der Waals surface area contributed by atoms with Crippen LogP contribution in [0.4, 0.5) is 0 Å². The lowest BCUT2D eigenvalue weighted by atomic mass is 10.0. The van der Waals surface area contributed by atoms with Gasteiger partial charge in [-0.25, -0.2) is 0 Å². The zero-order chi connectivity index (χ0) is 15.2. The average Bonchev–Trinajstić information content (AvgIpc) is 2.25. The van der Waals surface area contributed by atoms with Crippen LogP contribution in [0, 0.1) is 0 Å². The second kappa shape index (κ2) is 7.54. The Morgan fingerprint density at radius 3 is 2.37 bits per heavy atom. The number of rotatable bonds is 8. The lowest BCUT2D eigenvalue weighted by molar-refractivity contribution is -0.252. The maximum atomic E-state index is 11.0. The number of nitrogens with zero attached hydrogens (tertiary/aromatic N) is 1. The molecule has 0 fully saturated rings. The minimum atomic E-state index is -1.72. The number of aliphatic hydroxyl groups excluding tert-OH is 2. The summed E-state index contributed by atoms with van der Waals surface area (Å²) in [5, 5.41) is 31.7. The summed E-state index contributed by atoms with van der Waals surface area (Å²) in [6.07, 6.45) is -3.15. The van der Waals surface area contributed by atoms with Gasteiger partial charge >= 0.3 is 0 Å². The largest absolute Gasteiger partial charge is 0.391 e. The van der Waals surface area contributed by atoms with Crippen LogP contribution in [0.15, 0.2) is 4.99 Å². The molecule has 0 heterocycles. The van der Waals surface area contributed by atoms with Crippen LogP contribution in [0.25, 0.3) is 0 Å². The number of amides is 1. The van der Waals surface area contributed by atoms with Crippen molar-refractivity contribution in [2.75, 3.05) is 0 Å². The zero-order valence-electron chi connectivity index (χ0n) is 11.8. The number of aliphatic hydroxyl groups is 3. The van der Waals surface area contributed by atoms with Crippen LogP contribution < -0.4 is 5.32 Å². The van der Waals surface area contributed by atoms with Crippen LogP contribution in [0.1, 0.15) is 34.1 Å². The first kappa shape index (κ1) is 18.0. The molecule has 0 spiro atoms. The van der Waals surface area contributed by atoms with Crippen molar-refractivity contribution >= 4 is 12.6 Å². The summed E-state index contributed by atoms with van der Waals surface area (Å²) >= 11 is 0. The second-order valence-electron chi connectivity index (χ2n) is 4.85. The van der Waals surface area contributed by atoms with Gasteiger partial charge in [0.2, 0.25) is 5.91 Å². The molecule has 0 saturated heterocycles. The minimum absolute atomic E-state index is 0.129. The van der Waals surface area contributed by atoms with Crippen molar-refractivity contribution < 1.29 is 24.9 Å². The average molecular weight is 276 g/mol. The maximum absolute atomic E-state index is 11.0. The monoisotopic (exact) mass is 276 g/mol. The molecule has 0 rings (SSSR count). The first-order chi connectivity index (χ1) is 8.59. The number of hydrogen-bond acceptors (Lipinski definition) is 6. The van der Waals surface area contributed by atoms with Crippen molar-refractivity contribution in [3.8, 4) is 0 Å². The van der Waals surface area contributed by atoms with Gasteiger partial charge in [0.05, 0.1) is 18.2 Å². The normalized spacial score (nSPS) is 20.8. The van der Waals surface area contributed by atoms with Crippen LogP contribution in [-0.2, 0) is 9.53 Å². The molecule has 0 aromatic heterocycles. The Morgan fingerprint density at radius 2 is 2.00 bits per heavy atom. The van der Waals surface area contributed by atoms with E-state index in [4.69, 9.17) is 4.74 Å². The summed E-state index contributed by atoms with van der Waals surface area (Å²) in [5.74, 6) is -2.12. The lowest BCUT2D eigenvalue weighted by Gasteiger charge is -2.33. The van der Waals surface area contributed by atoms with E-state index in [0.717, 1.165) is 0 Å². The van der Waals surface area contributed by atoms with E-state index in [1.165, 1.54) is 20.8 Å². The van der Waals surface area contributed by atoms with Crippen LogP contribution >= 0.6 is 0 Å². The summed E-state index contributed by atoms with van der Waals surface area (Å²) < 4.78 is 5.23. The summed E-state index contributed by atoms with van der Waals surface area (Å²) in [6.45, 7) is 8.98. The quantitative estimate of drug-likeness (QED) is 0.349. The highest BCUT2D eigenvalue weighted by Gasteiger charge is 2.32. The van der Waals surface area contributed by atoms with Crippen molar-refractivity contribution in [2.45, 2.75) is 64.4 Å². The third-order valence-electron chi connectivity index (χ3n) is 2.60. The Bertz CT molecular complexity index is 306. The molecule has 0 aliphatic rings. The highest BCUT2D eigenvalue weighted by atomic mass is 16.6. The van der Waals surface area contributed by atoms with Gasteiger partial charge in [-0.3, -0.25) is 9.79 Å². The van der Waals surface area contributed by atoms with Gasteiger partial charge in [-0.15, -0.1) is 0 Å². The molecule has 0 aliphatic carbocycles. The van der Waals surface area contributed by atoms with Gasteiger partial charge in [-0.1, -0.05) is 0 Å². The highest BCUT2D eigenvalue weighted by Crippen LogP contribution is 2.19. The predicted octanol–water partition coefficient (Wildman–Crippen LogP) is -0.605. The van der Waals surface area contributed by atoms with Crippen molar-refractivity contribution in [1.82, 2.24) is 5.32 Å². The number of ether oxygens (including phenoxy) is 1. The summed E-state index contributed by atoms with van der Waals surface area (Å²) in [4.78, 5) is 14.6. The minimum Gasteiger partial charge on any atom is -0.391 e. The molecular formula is C12H24N2O5. The number of carbonyl (C=O) groups is 1. The van der Waals surface area contributed by atoms with Crippen LogP contribution in [0.3, 0.4) is 0 Å². The Kier molecular flexibility index (Phi) is 7.14. The molecule has 0 saturated carbocycles. The van der Waals surface area contributed by atoms with Gasteiger partial charge in [-0.05, 0) is 27.5 Å². The molecule has 19 heavy (non-hydrogen) atoms. The number of hydrogen-bond donors (Lipinski definition) is 4. The second-order valence-corrected chi connectivity index (χ2v) is 4.85. The van der Waals surface area contributed by atoms with Crippen LogP contribution in [-0.4, -0.2) is 58.2 Å². The standard InChI is InChI=1S/C12H24N2O5/c1-7(13-5)10(17)6-12(4,18)19-11(8(2)15)14-9(3)16/h7-8,10-11,15,17-18H,5-6H2,1-4H3,(H,14,16)/t7-,8+,10?,11-,12+/m0/s1. The van der Waals surface area contributed by atoms with Crippen LogP contribution in [0.2, 0.25) is 0 Å². The fourth-order valence-corrected chi connectivity index (χ4v) is 1.45. The third-order valence-corrected chi connectivity index (χ3v) is 2.60. The molecule has 1 amide bonds. The maximum Gasteiger partial charge on any atom is 0.218 e. The van der Waals surface area contributed by atoms with E-state index >= 15 is 0 Å². The number of nitrogens with one attached hydrogen (secondary N) is 1. The van der Waals surface area contributed by atoms with Gasteiger partial charge in [0.25, 0.3) is 0 Å². The Morgan fingerprint density at radius 1 is 1.47 bits per heavy atom. The van der Waals surface area contributed by atoms with Crippen LogP contribution in [0.5, 0.6) is 0 Å². The van der Waals surface area contributed by atoms with E-state index < -0.39 is 36.2 Å². The third kappa shape index (κ3) is 7.22. The summed E-state index contributed by atoms with van der Waals surface area (Å²) in [6, 6.07) is -0.458. The SMILES string of the molecule is C=N[C@@H](C)C(O)C[C@](C)(O)O[C@H](NC(C)=O)[C@@H](C)O. The highest BCUT2D eigenvalue weighted by molar-refractivity contribution is 5.73. The van der Waals surface area contributed by atoms with E-state index in [0.29, 0.717) is 0 Å². The zero-order valence-corrected chi connectivity index (χ0v) is 11.8. The van der Waals surface area contributed by atoms with E-state index in [9.17, 15) is 20.1 Å². The predicted molar refractivity (Wildman–Crippen MR) is 70.6 cm³/mol. The molecule has 4 N–H and O–H groups in total. The van der Waals surface area contributed by atoms with E-state index in [1.54, 1.807) is 6.92 Å². The smallest absolute Gasteiger partial charge is 0.218 e. The molecule has 0 radical (unpaired) electrons. The fourth-order valence-electron chi connectivity index (χ4n) is 1.45. The van der Waals surface area contributed by atoms with Gasteiger partial charge in [-0.2, -0.15) is 0 Å². The Balaban J connectivity index is 4.61. The first-order valence-corrected chi connectivity index (χ1v) is 6.08. The van der Waals surface area contributed by atoms with Gasteiger partial charge in [0.15, 0.2) is 12.0 Å². The summed E-state index contributed by atoms with van der Waals surface area (Å²) in [5.41, 5.74) is 0. The van der Waals surface area contributed by atoms with E-state index in [1.807, 2.05) is 0 Å². The number of aliphatic imine (C=N–C) groups is 1.